The Balaban J connectivity index is 1.54. The molecule has 8 nitrogen and oxygen atoms in total. The van der Waals surface area contributed by atoms with Crippen LogP contribution in [0.1, 0.15) is 0 Å². The maximum Gasteiger partial charge on any atom is 0.387 e. The van der Waals surface area contributed by atoms with E-state index in [0.29, 0.717) is 26.2 Å². The molecule has 3 rings (SSSR count). The van der Waals surface area contributed by atoms with Gasteiger partial charge in [0, 0.05) is 55.8 Å². The minimum absolute atomic E-state index is 0.00367. The maximum atomic E-state index is 13.7. The summed E-state index contributed by atoms with van der Waals surface area (Å²) in [4.78, 5) is 26.1. The topological polar surface area (TPSA) is 88.0 Å². The summed E-state index contributed by atoms with van der Waals surface area (Å²) in [6.07, 6.45) is 0. The summed E-state index contributed by atoms with van der Waals surface area (Å²) in [6.45, 7) is -1.34. The minimum Gasteiger partial charge on any atom is -0.432 e. The smallest absolute Gasteiger partial charge is 0.387 e. The van der Waals surface area contributed by atoms with Crippen molar-refractivity contribution < 1.29 is 27.6 Å². The summed E-state index contributed by atoms with van der Waals surface area (Å²) in [5.41, 5.74) is 0.934. The number of non-ortho nitro benzene ring substituents is 1. The summed E-state index contributed by atoms with van der Waals surface area (Å²) >= 11 is 0. The van der Waals surface area contributed by atoms with Crippen LogP contribution in [0.4, 0.5) is 35.0 Å². The monoisotopic (exact) mass is 410 g/mol. The third kappa shape index (κ3) is 5.06. The number of nitro groups is 1. The Morgan fingerprint density at radius 2 is 1.76 bits per heavy atom. The van der Waals surface area contributed by atoms with Gasteiger partial charge in [0.2, 0.25) is 0 Å². The minimum atomic E-state index is -3.14. The number of hydrogen-bond donors (Lipinski definition) is 1. The van der Waals surface area contributed by atoms with Crippen LogP contribution in [0.15, 0.2) is 42.5 Å². The highest BCUT2D eigenvalue weighted by atomic mass is 19.3. The second kappa shape index (κ2) is 8.67. The third-order valence-electron chi connectivity index (χ3n) is 4.39. The zero-order valence-corrected chi connectivity index (χ0v) is 15.1. The van der Waals surface area contributed by atoms with E-state index < -0.39 is 29.1 Å². The van der Waals surface area contributed by atoms with Crippen molar-refractivity contribution in [2.45, 2.75) is 6.61 Å². The molecular formula is C18H17F3N4O4. The quantitative estimate of drug-likeness (QED) is 0.600. The molecule has 29 heavy (non-hydrogen) atoms. The molecule has 1 saturated heterocycles. The zero-order chi connectivity index (χ0) is 21.0. The fourth-order valence-corrected chi connectivity index (χ4v) is 2.93. The Morgan fingerprint density at radius 3 is 2.31 bits per heavy atom. The number of nitrogens with zero attached hydrogens (tertiary/aromatic N) is 3. The SMILES string of the molecule is O=C(Nc1ccc(OC(F)F)c(F)c1)N1CCN(c2ccc([N+](=O)[O-])cc2)CC1. The van der Waals surface area contributed by atoms with E-state index in [1.807, 2.05) is 4.90 Å². The number of alkyl halides is 2. The Hall–Kier alpha value is -3.50. The van der Waals surface area contributed by atoms with Crippen LogP contribution in [0.3, 0.4) is 0 Å². The van der Waals surface area contributed by atoms with E-state index in [0.717, 1.165) is 17.8 Å². The molecule has 1 fully saturated rings. The summed E-state index contributed by atoms with van der Waals surface area (Å²) in [5.74, 6) is -1.61. The van der Waals surface area contributed by atoms with Gasteiger partial charge in [0.15, 0.2) is 11.6 Å². The van der Waals surface area contributed by atoms with Crippen molar-refractivity contribution in [1.29, 1.82) is 0 Å². The van der Waals surface area contributed by atoms with Crippen LogP contribution in [-0.2, 0) is 0 Å². The number of halogens is 3. The number of urea groups is 1. The highest BCUT2D eigenvalue weighted by molar-refractivity contribution is 5.89. The summed E-state index contributed by atoms with van der Waals surface area (Å²) in [5, 5.41) is 13.2. The second-order valence-corrected chi connectivity index (χ2v) is 6.20. The predicted molar refractivity (Wildman–Crippen MR) is 98.9 cm³/mol. The summed E-state index contributed by atoms with van der Waals surface area (Å²) in [7, 11) is 0. The van der Waals surface area contributed by atoms with Gasteiger partial charge in [-0.05, 0) is 24.3 Å². The normalized spacial score (nSPS) is 14.1. The fraction of sp³-hybridized carbons (Fsp3) is 0.278. The van der Waals surface area contributed by atoms with Gasteiger partial charge in [-0.3, -0.25) is 10.1 Å². The number of nitro benzene ring substituents is 1. The Labute approximate surface area is 163 Å². The van der Waals surface area contributed by atoms with E-state index in [9.17, 15) is 28.1 Å². The number of benzene rings is 2. The van der Waals surface area contributed by atoms with Crippen molar-refractivity contribution in [3.63, 3.8) is 0 Å². The summed E-state index contributed by atoms with van der Waals surface area (Å²) in [6, 6.07) is 8.89. The molecule has 0 bridgehead atoms. The van der Waals surface area contributed by atoms with Gasteiger partial charge in [0.1, 0.15) is 0 Å². The fourth-order valence-electron chi connectivity index (χ4n) is 2.93. The van der Waals surface area contributed by atoms with Gasteiger partial charge in [-0.1, -0.05) is 0 Å². The van der Waals surface area contributed by atoms with Gasteiger partial charge in [-0.2, -0.15) is 8.78 Å². The van der Waals surface area contributed by atoms with E-state index >= 15 is 0 Å². The van der Waals surface area contributed by atoms with Crippen LogP contribution in [0.2, 0.25) is 0 Å². The van der Waals surface area contributed by atoms with Crippen molar-refractivity contribution in [3.05, 3.63) is 58.4 Å². The second-order valence-electron chi connectivity index (χ2n) is 6.20. The van der Waals surface area contributed by atoms with Gasteiger partial charge in [-0.25, -0.2) is 9.18 Å². The van der Waals surface area contributed by atoms with Crippen molar-refractivity contribution in [3.8, 4) is 5.75 Å². The number of carbonyl (C=O) groups is 1. The molecule has 2 amide bonds. The number of piperazine rings is 1. The molecule has 2 aromatic carbocycles. The number of amides is 2. The molecule has 1 aliphatic heterocycles. The number of nitrogens with one attached hydrogen (secondary N) is 1. The number of anilines is 2. The van der Waals surface area contributed by atoms with Crippen LogP contribution in [-0.4, -0.2) is 48.6 Å². The Morgan fingerprint density at radius 1 is 1.10 bits per heavy atom. The molecular weight excluding hydrogens is 393 g/mol. The van der Waals surface area contributed by atoms with Gasteiger partial charge < -0.3 is 19.9 Å². The first-order chi connectivity index (χ1) is 13.8. The first-order valence-electron chi connectivity index (χ1n) is 8.63. The van der Waals surface area contributed by atoms with Crippen LogP contribution in [0.25, 0.3) is 0 Å². The van der Waals surface area contributed by atoms with E-state index in [1.54, 1.807) is 12.1 Å². The molecule has 0 unspecified atom stereocenters. The molecule has 1 N–H and O–H groups in total. The Bertz CT molecular complexity index is 887. The van der Waals surface area contributed by atoms with E-state index in [-0.39, 0.29) is 11.4 Å². The third-order valence-corrected chi connectivity index (χ3v) is 4.39. The molecule has 0 atom stereocenters. The van der Waals surface area contributed by atoms with Crippen LogP contribution in [0, 0.1) is 15.9 Å². The first-order valence-corrected chi connectivity index (χ1v) is 8.63. The molecule has 0 aliphatic carbocycles. The standard InChI is InChI=1S/C18H17F3N4O4/c19-15-11-12(1-6-16(15)29-17(20)21)22-18(26)24-9-7-23(8-10-24)13-2-4-14(5-3-13)25(27)28/h1-6,11,17H,7-10H2,(H,22,26). The van der Waals surface area contributed by atoms with Crippen molar-refractivity contribution in [2.24, 2.45) is 0 Å². The van der Waals surface area contributed by atoms with Gasteiger partial charge in [-0.15, -0.1) is 0 Å². The van der Waals surface area contributed by atoms with E-state index in [4.69, 9.17) is 0 Å². The summed E-state index contributed by atoms with van der Waals surface area (Å²) < 4.78 is 42.1. The van der Waals surface area contributed by atoms with Crippen LogP contribution >= 0.6 is 0 Å². The molecule has 1 heterocycles. The van der Waals surface area contributed by atoms with E-state index in [2.05, 4.69) is 10.1 Å². The Kier molecular flexibility index (Phi) is 6.05. The maximum absolute atomic E-state index is 13.7. The molecule has 0 aromatic heterocycles. The first kappa shape index (κ1) is 20.2. The van der Waals surface area contributed by atoms with Gasteiger partial charge in [0.25, 0.3) is 5.69 Å². The van der Waals surface area contributed by atoms with E-state index in [1.165, 1.54) is 23.1 Å². The molecule has 0 spiro atoms. The zero-order valence-electron chi connectivity index (χ0n) is 15.1. The highest BCUT2D eigenvalue weighted by Gasteiger charge is 2.22. The highest BCUT2D eigenvalue weighted by Crippen LogP contribution is 2.24. The molecule has 0 saturated carbocycles. The lowest BCUT2D eigenvalue weighted by Gasteiger charge is -2.36. The van der Waals surface area contributed by atoms with Crippen LogP contribution < -0.4 is 15.0 Å². The van der Waals surface area contributed by atoms with Gasteiger partial charge >= 0.3 is 12.6 Å². The van der Waals surface area contributed by atoms with Crippen LogP contribution in [0.5, 0.6) is 5.75 Å². The largest absolute Gasteiger partial charge is 0.432 e. The number of carbonyl (C=O) groups excluding carboxylic acids is 1. The van der Waals surface area contributed by atoms with Crippen molar-refractivity contribution >= 4 is 23.1 Å². The molecule has 154 valence electrons. The predicted octanol–water partition coefficient (Wildman–Crippen LogP) is 3.69. The lowest BCUT2D eigenvalue weighted by Crippen LogP contribution is -2.50. The van der Waals surface area contributed by atoms with Crippen molar-refractivity contribution in [2.75, 3.05) is 36.4 Å². The number of ether oxygens (including phenoxy) is 1. The average molecular weight is 410 g/mol. The molecule has 11 heteroatoms. The molecule has 1 aliphatic rings. The molecule has 0 radical (unpaired) electrons. The molecule has 2 aromatic rings. The average Bonchev–Trinajstić information content (AvgIpc) is 2.70. The van der Waals surface area contributed by atoms with Gasteiger partial charge in [0.05, 0.1) is 4.92 Å². The number of hydrogen-bond acceptors (Lipinski definition) is 5. The van der Waals surface area contributed by atoms with Crippen molar-refractivity contribution in [1.82, 2.24) is 4.90 Å². The number of rotatable bonds is 5. The lowest BCUT2D eigenvalue weighted by atomic mass is 10.2. The lowest BCUT2D eigenvalue weighted by molar-refractivity contribution is -0.384.